The monoisotopic (exact) mass is 249 g/mol. The standard InChI is InChI=1S/C14H23N3O/c1-10(2)6-14(18)15-8-11(3)9-17-13(5)7-12(4)16-17/h6-7,11H,8-9H2,1-5H3,(H,15,18)/t11-/m0/s1. The van der Waals surface area contributed by atoms with E-state index in [-0.39, 0.29) is 5.91 Å². The van der Waals surface area contributed by atoms with Crippen LogP contribution < -0.4 is 5.32 Å². The highest BCUT2D eigenvalue weighted by Crippen LogP contribution is 2.05. The zero-order valence-corrected chi connectivity index (χ0v) is 11.9. The van der Waals surface area contributed by atoms with Crippen molar-refractivity contribution in [2.75, 3.05) is 6.54 Å². The normalized spacial score (nSPS) is 12.1. The molecule has 18 heavy (non-hydrogen) atoms. The topological polar surface area (TPSA) is 46.9 Å². The predicted molar refractivity (Wildman–Crippen MR) is 73.3 cm³/mol. The molecule has 4 heteroatoms. The van der Waals surface area contributed by atoms with E-state index in [0.29, 0.717) is 12.5 Å². The maximum absolute atomic E-state index is 11.5. The van der Waals surface area contributed by atoms with Crippen LogP contribution in [0, 0.1) is 19.8 Å². The van der Waals surface area contributed by atoms with Gasteiger partial charge in [0.15, 0.2) is 0 Å². The van der Waals surface area contributed by atoms with Crippen molar-refractivity contribution in [1.29, 1.82) is 0 Å². The Kier molecular flexibility index (Phi) is 5.13. The quantitative estimate of drug-likeness (QED) is 0.813. The lowest BCUT2D eigenvalue weighted by Crippen LogP contribution is -2.29. The number of amides is 1. The summed E-state index contributed by atoms with van der Waals surface area (Å²) in [5, 5.41) is 7.32. The van der Waals surface area contributed by atoms with Crippen molar-refractivity contribution in [2.24, 2.45) is 5.92 Å². The van der Waals surface area contributed by atoms with E-state index in [9.17, 15) is 4.79 Å². The number of nitrogens with one attached hydrogen (secondary N) is 1. The van der Waals surface area contributed by atoms with E-state index in [1.54, 1.807) is 6.08 Å². The summed E-state index contributed by atoms with van der Waals surface area (Å²) in [7, 11) is 0. The molecule has 1 rings (SSSR count). The number of carbonyl (C=O) groups excluding carboxylic acids is 1. The smallest absolute Gasteiger partial charge is 0.243 e. The first-order valence-corrected chi connectivity index (χ1v) is 6.32. The molecule has 1 atom stereocenters. The highest BCUT2D eigenvalue weighted by atomic mass is 16.1. The molecule has 100 valence electrons. The van der Waals surface area contributed by atoms with Crippen molar-refractivity contribution >= 4 is 5.91 Å². The van der Waals surface area contributed by atoms with Gasteiger partial charge in [0.05, 0.1) is 5.69 Å². The minimum absolute atomic E-state index is 0.0183. The zero-order chi connectivity index (χ0) is 13.7. The average Bonchev–Trinajstić information content (AvgIpc) is 2.53. The summed E-state index contributed by atoms with van der Waals surface area (Å²) in [6.45, 7) is 11.5. The Morgan fingerprint density at radius 2 is 2.17 bits per heavy atom. The van der Waals surface area contributed by atoms with Crippen LogP contribution in [-0.4, -0.2) is 22.2 Å². The Morgan fingerprint density at radius 1 is 1.50 bits per heavy atom. The first kappa shape index (κ1) is 14.5. The first-order chi connectivity index (χ1) is 8.38. The van der Waals surface area contributed by atoms with E-state index in [2.05, 4.69) is 30.3 Å². The van der Waals surface area contributed by atoms with Gasteiger partial charge >= 0.3 is 0 Å². The number of aromatic nitrogens is 2. The fourth-order valence-corrected chi connectivity index (χ4v) is 1.81. The molecule has 0 aliphatic rings. The number of rotatable bonds is 5. The molecule has 0 bridgehead atoms. The molecule has 1 aromatic heterocycles. The molecular formula is C14H23N3O. The van der Waals surface area contributed by atoms with Crippen molar-refractivity contribution in [3.8, 4) is 0 Å². The molecule has 0 aromatic carbocycles. The number of hydrogen-bond donors (Lipinski definition) is 1. The second-order valence-corrected chi connectivity index (χ2v) is 5.18. The van der Waals surface area contributed by atoms with Crippen LogP contribution in [0.15, 0.2) is 17.7 Å². The third kappa shape index (κ3) is 4.73. The summed E-state index contributed by atoms with van der Waals surface area (Å²) in [4.78, 5) is 11.5. The predicted octanol–water partition coefficient (Wildman–Crippen LogP) is 2.22. The molecule has 0 saturated heterocycles. The molecule has 1 amide bonds. The van der Waals surface area contributed by atoms with Crippen LogP contribution in [0.4, 0.5) is 0 Å². The number of nitrogens with zero attached hydrogens (tertiary/aromatic N) is 2. The van der Waals surface area contributed by atoms with Crippen molar-refractivity contribution < 1.29 is 4.79 Å². The molecule has 1 N–H and O–H groups in total. The minimum Gasteiger partial charge on any atom is -0.352 e. The number of allylic oxidation sites excluding steroid dienone is 1. The van der Waals surface area contributed by atoms with Gasteiger partial charge in [-0.25, -0.2) is 0 Å². The summed E-state index contributed by atoms with van der Waals surface area (Å²) in [6, 6.07) is 2.06. The van der Waals surface area contributed by atoms with E-state index in [1.165, 1.54) is 0 Å². The molecule has 0 spiro atoms. The third-order valence-electron chi connectivity index (χ3n) is 2.63. The van der Waals surface area contributed by atoms with Gasteiger partial charge in [0.2, 0.25) is 5.91 Å². The number of hydrogen-bond acceptors (Lipinski definition) is 2. The molecule has 0 aliphatic heterocycles. The van der Waals surface area contributed by atoms with Crippen molar-refractivity contribution in [2.45, 2.75) is 41.2 Å². The summed E-state index contributed by atoms with van der Waals surface area (Å²) in [6.07, 6.45) is 1.62. The van der Waals surface area contributed by atoms with Gasteiger partial charge in [-0.15, -0.1) is 0 Å². The van der Waals surface area contributed by atoms with Crippen molar-refractivity contribution in [3.63, 3.8) is 0 Å². The fourth-order valence-electron chi connectivity index (χ4n) is 1.81. The first-order valence-electron chi connectivity index (χ1n) is 6.32. The Hall–Kier alpha value is -1.58. The fraction of sp³-hybridized carbons (Fsp3) is 0.571. The molecule has 0 radical (unpaired) electrons. The lowest BCUT2D eigenvalue weighted by atomic mass is 10.2. The maximum atomic E-state index is 11.5. The van der Waals surface area contributed by atoms with Gasteiger partial charge in [0, 0.05) is 24.9 Å². The second kappa shape index (κ2) is 6.38. The average molecular weight is 249 g/mol. The zero-order valence-electron chi connectivity index (χ0n) is 11.9. The Bertz CT molecular complexity index is 442. The van der Waals surface area contributed by atoms with E-state index in [4.69, 9.17) is 0 Å². The Labute approximate surface area is 109 Å². The minimum atomic E-state index is -0.0183. The highest BCUT2D eigenvalue weighted by Gasteiger charge is 2.08. The van der Waals surface area contributed by atoms with Crippen LogP contribution in [-0.2, 0) is 11.3 Å². The SMILES string of the molecule is CC(C)=CC(=O)NC[C@H](C)Cn1nc(C)cc1C. The third-order valence-corrected chi connectivity index (χ3v) is 2.63. The molecule has 1 heterocycles. The molecule has 4 nitrogen and oxygen atoms in total. The Morgan fingerprint density at radius 3 is 2.67 bits per heavy atom. The van der Waals surface area contributed by atoms with E-state index in [0.717, 1.165) is 23.5 Å². The molecule has 0 fully saturated rings. The number of aryl methyl sites for hydroxylation is 2. The Balaban J connectivity index is 2.43. The lowest BCUT2D eigenvalue weighted by Gasteiger charge is -2.13. The molecule has 0 saturated carbocycles. The van der Waals surface area contributed by atoms with Crippen LogP contribution in [0.3, 0.4) is 0 Å². The lowest BCUT2D eigenvalue weighted by molar-refractivity contribution is -0.116. The summed E-state index contributed by atoms with van der Waals surface area (Å²) in [5.74, 6) is 0.340. The van der Waals surface area contributed by atoms with E-state index in [1.807, 2.05) is 25.5 Å². The van der Waals surface area contributed by atoms with Gasteiger partial charge in [-0.05, 0) is 39.7 Å². The number of carbonyl (C=O) groups is 1. The van der Waals surface area contributed by atoms with E-state index < -0.39 is 0 Å². The van der Waals surface area contributed by atoms with Crippen LogP contribution in [0.25, 0.3) is 0 Å². The van der Waals surface area contributed by atoms with Crippen LogP contribution in [0.1, 0.15) is 32.2 Å². The summed E-state index contributed by atoms with van der Waals surface area (Å²) in [5.41, 5.74) is 3.21. The molecule has 1 aromatic rings. The molecule has 0 aliphatic carbocycles. The van der Waals surface area contributed by atoms with Crippen LogP contribution in [0.2, 0.25) is 0 Å². The molecular weight excluding hydrogens is 226 g/mol. The largest absolute Gasteiger partial charge is 0.352 e. The van der Waals surface area contributed by atoms with Gasteiger partial charge in [-0.1, -0.05) is 12.5 Å². The van der Waals surface area contributed by atoms with Gasteiger partial charge in [-0.3, -0.25) is 9.48 Å². The van der Waals surface area contributed by atoms with Crippen LogP contribution >= 0.6 is 0 Å². The second-order valence-electron chi connectivity index (χ2n) is 5.18. The van der Waals surface area contributed by atoms with Gasteiger partial charge in [0.1, 0.15) is 0 Å². The van der Waals surface area contributed by atoms with E-state index >= 15 is 0 Å². The summed E-state index contributed by atoms with van der Waals surface area (Å²) < 4.78 is 1.99. The van der Waals surface area contributed by atoms with Gasteiger partial charge in [-0.2, -0.15) is 5.10 Å². The maximum Gasteiger partial charge on any atom is 0.243 e. The van der Waals surface area contributed by atoms with Crippen LogP contribution in [0.5, 0.6) is 0 Å². The molecule has 0 unspecified atom stereocenters. The highest BCUT2D eigenvalue weighted by molar-refractivity contribution is 5.87. The van der Waals surface area contributed by atoms with Crippen molar-refractivity contribution in [3.05, 3.63) is 29.1 Å². The van der Waals surface area contributed by atoms with Gasteiger partial charge in [0.25, 0.3) is 0 Å². The van der Waals surface area contributed by atoms with Crippen molar-refractivity contribution in [1.82, 2.24) is 15.1 Å². The van der Waals surface area contributed by atoms with Gasteiger partial charge < -0.3 is 5.32 Å². The summed E-state index contributed by atoms with van der Waals surface area (Å²) >= 11 is 0.